The molecule has 2 aliphatic carbocycles. The number of hydrogen-bond acceptors (Lipinski definition) is 4. The lowest BCUT2D eigenvalue weighted by atomic mass is 9.63. The number of para-hydroxylation sites is 2. The minimum absolute atomic E-state index is 0.132. The molecule has 2 aromatic rings. The maximum absolute atomic E-state index is 6.38. The highest BCUT2D eigenvalue weighted by Gasteiger charge is 2.67. The molecule has 4 nitrogen and oxygen atoms in total. The average molecular weight is 478 g/mol. The van der Waals surface area contributed by atoms with E-state index in [1.807, 2.05) is 0 Å². The van der Waals surface area contributed by atoms with Crippen LogP contribution in [0.3, 0.4) is 0 Å². The molecule has 31 heavy (non-hydrogen) atoms. The summed E-state index contributed by atoms with van der Waals surface area (Å²) in [5.41, 5.74) is 5.39. The molecule has 2 saturated carbocycles. The van der Waals surface area contributed by atoms with Crippen molar-refractivity contribution in [1.29, 1.82) is 0 Å². The van der Waals surface area contributed by atoms with Gasteiger partial charge in [0, 0.05) is 28.6 Å². The monoisotopic (exact) mass is 477 g/mol. The molecule has 0 saturated heterocycles. The Morgan fingerprint density at radius 2 is 1.87 bits per heavy atom. The Morgan fingerprint density at radius 1 is 1.03 bits per heavy atom. The lowest BCUT2D eigenvalue weighted by molar-refractivity contribution is -0.135. The first-order chi connectivity index (χ1) is 15.0. The number of rotatable bonds is 2. The molecule has 0 radical (unpaired) electrons. The number of anilines is 1. The summed E-state index contributed by atoms with van der Waals surface area (Å²) in [6.07, 6.45) is 5.56. The standard InChI is InChI=1S/C26H28BrN3O/c1-25(2)17-10-11-18(13-17)26(25)15-24(30-31-26)23-14-22(16-6-5-7-19(27)12-16)28-20-8-3-4-9-21(20)29-23/h3-9,12,17-18,22,28H,10-11,13-15H2,1-2H3. The fourth-order valence-electron chi connectivity index (χ4n) is 6.52. The number of nitrogens with zero attached hydrogens (tertiary/aromatic N) is 2. The number of nitrogens with one attached hydrogen (secondary N) is 1. The Balaban J connectivity index is 1.37. The zero-order valence-corrected chi connectivity index (χ0v) is 19.7. The molecule has 2 fully saturated rings. The number of fused-ring (bicyclic) bond motifs is 4. The second-order valence-corrected chi connectivity index (χ2v) is 11.1. The van der Waals surface area contributed by atoms with Crippen molar-refractivity contribution in [3.63, 3.8) is 0 Å². The second-order valence-electron chi connectivity index (χ2n) is 10.2. The summed E-state index contributed by atoms with van der Waals surface area (Å²) in [5, 5.41) is 8.45. The van der Waals surface area contributed by atoms with Crippen LogP contribution in [0.25, 0.3) is 0 Å². The molecular formula is C26H28BrN3O. The summed E-state index contributed by atoms with van der Waals surface area (Å²) in [4.78, 5) is 11.5. The van der Waals surface area contributed by atoms with E-state index >= 15 is 0 Å². The van der Waals surface area contributed by atoms with Gasteiger partial charge in [-0.15, -0.1) is 0 Å². The zero-order valence-electron chi connectivity index (χ0n) is 18.1. The van der Waals surface area contributed by atoms with Crippen molar-refractivity contribution < 1.29 is 4.84 Å². The van der Waals surface area contributed by atoms with Gasteiger partial charge in [-0.2, -0.15) is 0 Å². The molecule has 0 aromatic heterocycles. The van der Waals surface area contributed by atoms with Crippen molar-refractivity contribution in [2.24, 2.45) is 27.4 Å². The highest BCUT2D eigenvalue weighted by Crippen LogP contribution is 2.65. The smallest absolute Gasteiger partial charge is 0.151 e. The molecule has 2 bridgehead atoms. The van der Waals surface area contributed by atoms with Gasteiger partial charge in [-0.3, -0.25) is 0 Å². The molecule has 2 aromatic carbocycles. The molecule has 4 aliphatic rings. The Labute approximate surface area is 192 Å². The average Bonchev–Trinajstić information content (AvgIpc) is 3.42. The topological polar surface area (TPSA) is 46.0 Å². The molecule has 0 amide bonds. The maximum Gasteiger partial charge on any atom is 0.151 e. The zero-order chi connectivity index (χ0) is 21.2. The second kappa shape index (κ2) is 6.93. The van der Waals surface area contributed by atoms with Gasteiger partial charge in [-0.05, 0) is 55.0 Å². The van der Waals surface area contributed by atoms with Crippen LogP contribution in [0.4, 0.5) is 11.4 Å². The van der Waals surface area contributed by atoms with Gasteiger partial charge in [0.25, 0.3) is 0 Å². The van der Waals surface area contributed by atoms with Crippen LogP contribution in [-0.4, -0.2) is 17.0 Å². The third kappa shape index (κ3) is 2.92. The highest BCUT2D eigenvalue weighted by molar-refractivity contribution is 9.10. The van der Waals surface area contributed by atoms with Crippen LogP contribution in [0.1, 0.15) is 57.6 Å². The van der Waals surface area contributed by atoms with Gasteiger partial charge in [0.05, 0.1) is 23.1 Å². The van der Waals surface area contributed by atoms with Gasteiger partial charge in [-0.25, -0.2) is 4.99 Å². The van der Waals surface area contributed by atoms with Gasteiger partial charge in [0.15, 0.2) is 5.60 Å². The van der Waals surface area contributed by atoms with E-state index in [1.165, 1.54) is 24.8 Å². The minimum Gasteiger partial charge on any atom is -0.388 e. The molecule has 1 N–H and O–H groups in total. The van der Waals surface area contributed by atoms with Crippen LogP contribution >= 0.6 is 15.9 Å². The SMILES string of the molecule is CC1(C)C2CCC(C2)C12CC(C1=Nc3ccccc3NC(c3cccc(Br)c3)C1)=NO2. The quantitative estimate of drug-likeness (QED) is 0.503. The Bertz CT molecular complexity index is 1110. The van der Waals surface area contributed by atoms with Crippen molar-refractivity contribution in [2.75, 3.05) is 5.32 Å². The number of benzene rings is 2. The van der Waals surface area contributed by atoms with E-state index in [2.05, 4.69) is 83.6 Å². The van der Waals surface area contributed by atoms with Crippen LogP contribution in [-0.2, 0) is 4.84 Å². The predicted octanol–water partition coefficient (Wildman–Crippen LogP) is 7.05. The lowest BCUT2D eigenvalue weighted by Crippen LogP contribution is -2.49. The largest absolute Gasteiger partial charge is 0.388 e. The summed E-state index contributed by atoms with van der Waals surface area (Å²) >= 11 is 3.63. The Kier molecular flexibility index (Phi) is 4.37. The summed E-state index contributed by atoms with van der Waals surface area (Å²) < 4.78 is 1.09. The van der Waals surface area contributed by atoms with E-state index < -0.39 is 0 Å². The van der Waals surface area contributed by atoms with E-state index in [0.717, 1.165) is 46.0 Å². The molecule has 2 aliphatic heterocycles. The molecule has 160 valence electrons. The van der Waals surface area contributed by atoms with Gasteiger partial charge >= 0.3 is 0 Å². The summed E-state index contributed by atoms with van der Waals surface area (Å²) in [6.45, 7) is 4.79. The molecule has 1 spiro atoms. The van der Waals surface area contributed by atoms with Gasteiger partial charge in [0.1, 0.15) is 5.71 Å². The molecule has 6 rings (SSSR count). The predicted molar refractivity (Wildman–Crippen MR) is 129 cm³/mol. The third-order valence-corrected chi connectivity index (χ3v) is 8.92. The van der Waals surface area contributed by atoms with Crippen molar-refractivity contribution >= 4 is 38.7 Å². The van der Waals surface area contributed by atoms with Crippen LogP contribution in [0.15, 0.2) is 63.2 Å². The molecule has 5 heteroatoms. The molecule has 4 atom stereocenters. The highest BCUT2D eigenvalue weighted by atomic mass is 79.9. The van der Waals surface area contributed by atoms with Crippen LogP contribution in [0.2, 0.25) is 0 Å². The first kappa shape index (κ1) is 19.5. The summed E-state index contributed by atoms with van der Waals surface area (Å²) in [7, 11) is 0. The molecular weight excluding hydrogens is 450 g/mol. The third-order valence-electron chi connectivity index (χ3n) is 8.42. The van der Waals surface area contributed by atoms with Gasteiger partial charge < -0.3 is 10.2 Å². The van der Waals surface area contributed by atoms with E-state index in [1.54, 1.807) is 0 Å². The fourth-order valence-corrected chi connectivity index (χ4v) is 6.94. The summed E-state index contributed by atoms with van der Waals surface area (Å²) in [6, 6.07) is 17.0. The summed E-state index contributed by atoms with van der Waals surface area (Å²) in [5.74, 6) is 1.37. The van der Waals surface area contributed by atoms with Crippen LogP contribution < -0.4 is 5.32 Å². The van der Waals surface area contributed by atoms with E-state index in [9.17, 15) is 0 Å². The molecule has 2 heterocycles. The van der Waals surface area contributed by atoms with Gasteiger partial charge in [-0.1, -0.05) is 59.2 Å². The number of halogens is 1. The first-order valence-corrected chi connectivity index (χ1v) is 12.2. The van der Waals surface area contributed by atoms with Crippen LogP contribution in [0, 0.1) is 17.3 Å². The normalized spacial score (nSPS) is 32.7. The molecule has 4 unspecified atom stereocenters. The minimum atomic E-state index is -0.154. The lowest BCUT2D eigenvalue weighted by Gasteiger charge is -2.44. The van der Waals surface area contributed by atoms with E-state index in [-0.39, 0.29) is 17.1 Å². The van der Waals surface area contributed by atoms with Crippen LogP contribution in [0.5, 0.6) is 0 Å². The van der Waals surface area contributed by atoms with Crippen molar-refractivity contribution in [2.45, 2.75) is 57.6 Å². The Hall–Kier alpha value is -2.14. The van der Waals surface area contributed by atoms with E-state index in [4.69, 9.17) is 15.0 Å². The van der Waals surface area contributed by atoms with Crippen molar-refractivity contribution in [3.8, 4) is 0 Å². The fraction of sp³-hybridized carbons (Fsp3) is 0.462. The van der Waals surface area contributed by atoms with E-state index in [0.29, 0.717) is 5.92 Å². The maximum atomic E-state index is 6.38. The van der Waals surface area contributed by atoms with Gasteiger partial charge in [0.2, 0.25) is 0 Å². The van der Waals surface area contributed by atoms with Crippen molar-refractivity contribution in [3.05, 3.63) is 58.6 Å². The number of oxime groups is 1. The number of hydrogen-bond donors (Lipinski definition) is 1. The number of aliphatic imine (C=N–C) groups is 1. The van der Waals surface area contributed by atoms with Crippen molar-refractivity contribution in [1.82, 2.24) is 0 Å². The first-order valence-electron chi connectivity index (χ1n) is 11.4. The Morgan fingerprint density at radius 3 is 2.68 bits per heavy atom.